The summed E-state index contributed by atoms with van der Waals surface area (Å²) in [5, 5.41) is 0. The minimum atomic E-state index is -0.184. The number of halogens is 2. The quantitative estimate of drug-likeness (QED) is 0.720. The molecule has 0 saturated carbocycles. The maximum atomic E-state index is 13.3. The molecule has 0 saturated heterocycles. The zero-order valence-corrected chi connectivity index (χ0v) is 12.3. The van der Waals surface area contributed by atoms with Gasteiger partial charge in [0.15, 0.2) is 0 Å². The van der Waals surface area contributed by atoms with E-state index in [2.05, 4.69) is 22.9 Å². The first-order valence-corrected chi connectivity index (χ1v) is 6.93. The van der Waals surface area contributed by atoms with Crippen LogP contribution in [0.2, 0.25) is 0 Å². The minimum Gasteiger partial charge on any atom is -0.469 e. The molecule has 3 heteroatoms. The van der Waals surface area contributed by atoms with Gasteiger partial charge in [-0.15, -0.1) is 0 Å². The van der Waals surface area contributed by atoms with Gasteiger partial charge in [-0.2, -0.15) is 0 Å². The lowest BCUT2D eigenvalue weighted by Gasteiger charge is -2.16. The number of alkyl halides is 1. The van der Waals surface area contributed by atoms with E-state index in [1.807, 2.05) is 19.9 Å². The molecule has 0 bridgehead atoms. The third-order valence-electron chi connectivity index (χ3n) is 3.19. The summed E-state index contributed by atoms with van der Waals surface area (Å²) in [6.07, 6.45) is 2.56. The first-order chi connectivity index (χ1) is 8.54. The number of furan rings is 1. The monoisotopic (exact) mass is 310 g/mol. The SMILES string of the molecule is CCc1occc1C(Br)c1c(C)cc(F)cc1C. The number of hydrogen-bond acceptors (Lipinski definition) is 1. The van der Waals surface area contributed by atoms with Gasteiger partial charge < -0.3 is 4.42 Å². The summed E-state index contributed by atoms with van der Waals surface area (Å²) in [5.41, 5.74) is 4.15. The maximum Gasteiger partial charge on any atom is 0.123 e. The number of hydrogen-bond donors (Lipinski definition) is 0. The Morgan fingerprint density at radius 3 is 2.44 bits per heavy atom. The summed E-state index contributed by atoms with van der Waals surface area (Å²) in [4.78, 5) is 0.0480. The predicted octanol–water partition coefficient (Wildman–Crippen LogP) is 5.08. The Hall–Kier alpha value is -1.09. The molecule has 1 aromatic carbocycles. The third-order valence-corrected chi connectivity index (χ3v) is 4.14. The molecule has 1 aromatic heterocycles. The average molecular weight is 311 g/mol. The van der Waals surface area contributed by atoms with E-state index in [0.717, 1.165) is 34.4 Å². The fourth-order valence-corrected chi connectivity index (χ4v) is 3.47. The lowest BCUT2D eigenvalue weighted by atomic mass is 9.95. The molecule has 0 spiro atoms. The lowest BCUT2D eigenvalue weighted by Crippen LogP contribution is -2.01. The molecule has 1 atom stereocenters. The average Bonchev–Trinajstić information content (AvgIpc) is 2.75. The van der Waals surface area contributed by atoms with Crippen LogP contribution < -0.4 is 0 Å². The Labute approximate surface area is 115 Å². The Balaban J connectivity index is 2.49. The number of benzene rings is 1. The molecule has 96 valence electrons. The standard InChI is InChI=1S/C15H16BrFO/c1-4-13-12(5-6-18-13)15(16)14-9(2)7-11(17)8-10(14)3/h5-8,15H,4H2,1-3H3. The van der Waals surface area contributed by atoms with Gasteiger partial charge >= 0.3 is 0 Å². The molecule has 0 N–H and O–H groups in total. The van der Waals surface area contributed by atoms with Crippen LogP contribution in [0.15, 0.2) is 28.9 Å². The molecule has 2 aromatic rings. The van der Waals surface area contributed by atoms with Gasteiger partial charge in [0.05, 0.1) is 11.1 Å². The van der Waals surface area contributed by atoms with Crippen LogP contribution >= 0.6 is 15.9 Å². The van der Waals surface area contributed by atoms with E-state index >= 15 is 0 Å². The van der Waals surface area contributed by atoms with Crippen molar-refractivity contribution in [2.45, 2.75) is 32.0 Å². The van der Waals surface area contributed by atoms with Crippen molar-refractivity contribution in [2.75, 3.05) is 0 Å². The van der Waals surface area contributed by atoms with Crippen molar-refractivity contribution in [2.24, 2.45) is 0 Å². The largest absolute Gasteiger partial charge is 0.469 e. The Kier molecular flexibility index (Phi) is 3.91. The summed E-state index contributed by atoms with van der Waals surface area (Å²) in [5.74, 6) is 0.788. The molecule has 0 aliphatic rings. The highest BCUT2D eigenvalue weighted by Gasteiger charge is 2.20. The highest BCUT2D eigenvalue weighted by Crippen LogP contribution is 2.37. The Bertz CT molecular complexity index is 536. The second-order valence-corrected chi connectivity index (χ2v) is 5.38. The summed E-state index contributed by atoms with van der Waals surface area (Å²) in [7, 11) is 0. The van der Waals surface area contributed by atoms with Crippen LogP contribution in [0.3, 0.4) is 0 Å². The van der Waals surface area contributed by atoms with Crippen LogP contribution in [0, 0.1) is 19.7 Å². The predicted molar refractivity (Wildman–Crippen MR) is 74.7 cm³/mol. The van der Waals surface area contributed by atoms with Gasteiger partial charge in [-0.1, -0.05) is 22.9 Å². The van der Waals surface area contributed by atoms with Crippen molar-refractivity contribution in [1.29, 1.82) is 0 Å². The highest BCUT2D eigenvalue weighted by atomic mass is 79.9. The fourth-order valence-electron chi connectivity index (χ4n) is 2.34. The summed E-state index contributed by atoms with van der Waals surface area (Å²) >= 11 is 3.71. The smallest absolute Gasteiger partial charge is 0.123 e. The molecule has 0 amide bonds. The highest BCUT2D eigenvalue weighted by molar-refractivity contribution is 9.09. The topological polar surface area (TPSA) is 13.1 Å². The van der Waals surface area contributed by atoms with Gasteiger partial charge in [0.25, 0.3) is 0 Å². The van der Waals surface area contributed by atoms with E-state index in [-0.39, 0.29) is 10.6 Å². The van der Waals surface area contributed by atoms with Gasteiger partial charge in [-0.25, -0.2) is 4.39 Å². The molecule has 0 aliphatic heterocycles. The Morgan fingerprint density at radius 2 is 1.89 bits per heavy atom. The Morgan fingerprint density at radius 1 is 1.28 bits per heavy atom. The molecule has 2 rings (SSSR count). The van der Waals surface area contributed by atoms with Gasteiger partial charge in [0, 0.05) is 12.0 Å². The molecule has 1 unspecified atom stereocenters. The third kappa shape index (κ3) is 2.37. The van der Waals surface area contributed by atoms with Crippen LogP contribution in [0.1, 0.15) is 39.8 Å². The number of aryl methyl sites for hydroxylation is 3. The molecule has 1 heterocycles. The molecule has 0 fully saturated rings. The fraction of sp³-hybridized carbons (Fsp3) is 0.333. The second kappa shape index (κ2) is 5.27. The maximum absolute atomic E-state index is 13.3. The molecule has 1 nitrogen and oxygen atoms in total. The van der Waals surface area contributed by atoms with Crippen molar-refractivity contribution in [3.05, 3.63) is 58.3 Å². The van der Waals surface area contributed by atoms with Crippen LogP contribution in [0.4, 0.5) is 4.39 Å². The zero-order valence-electron chi connectivity index (χ0n) is 10.8. The summed E-state index contributed by atoms with van der Waals surface area (Å²) in [6, 6.07) is 5.12. The first-order valence-electron chi connectivity index (χ1n) is 6.01. The summed E-state index contributed by atoms with van der Waals surface area (Å²) < 4.78 is 18.8. The van der Waals surface area contributed by atoms with Gasteiger partial charge in [-0.05, 0) is 48.7 Å². The van der Waals surface area contributed by atoms with E-state index in [0.29, 0.717) is 0 Å². The van der Waals surface area contributed by atoms with Crippen molar-refractivity contribution in [1.82, 2.24) is 0 Å². The van der Waals surface area contributed by atoms with E-state index in [4.69, 9.17) is 4.42 Å². The minimum absolute atomic E-state index is 0.0480. The van der Waals surface area contributed by atoms with Gasteiger partial charge in [0.1, 0.15) is 11.6 Å². The molecule has 18 heavy (non-hydrogen) atoms. The van der Waals surface area contributed by atoms with Crippen molar-refractivity contribution >= 4 is 15.9 Å². The van der Waals surface area contributed by atoms with Crippen molar-refractivity contribution < 1.29 is 8.81 Å². The normalized spacial score (nSPS) is 12.7. The van der Waals surface area contributed by atoms with E-state index < -0.39 is 0 Å². The van der Waals surface area contributed by atoms with Crippen LogP contribution in [0.25, 0.3) is 0 Å². The second-order valence-electron chi connectivity index (χ2n) is 4.47. The number of rotatable bonds is 3. The van der Waals surface area contributed by atoms with Gasteiger partial charge in [-0.3, -0.25) is 0 Å². The van der Waals surface area contributed by atoms with Crippen LogP contribution in [-0.4, -0.2) is 0 Å². The first kappa shape index (κ1) is 13.3. The van der Waals surface area contributed by atoms with E-state index in [1.54, 1.807) is 18.4 Å². The van der Waals surface area contributed by atoms with Crippen molar-refractivity contribution in [3.63, 3.8) is 0 Å². The molecule has 0 radical (unpaired) electrons. The van der Waals surface area contributed by atoms with E-state index in [1.165, 1.54) is 0 Å². The zero-order chi connectivity index (χ0) is 13.3. The van der Waals surface area contributed by atoms with Crippen molar-refractivity contribution in [3.8, 4) is 0 Å². The summed E-state index contributed by atoms with van der Waals surface area (Å²) in [6.45, 7) is 5.93. The molecule has 0 aliphatic carbocycles. The molecular formula is C15H16BrFO. The van der Waals surface area contributed by atoms with E-state index in [9.17, 15) is 4.39 Å². The van der Waals surface area contributed by atoms with Crippen LogP contribution in [-0.2, 0) is 6.42 Å². The lowest BCUT2D eigenvalue weighted by molar-refractivity contribution is 0.512. The van der Waals surface area contributed by atoms with Crippen LogP contribution in [0.5, 0.6) is 0 Å². The molecular weight excluding hydrogens is 295 g/mol. The van der Waals surface area contributed by atoms with Gasteiger partial charge in [0.2, 0.25) is 0 Å².